The van der Waals surface area contributed by atoms with Crippen LogP contribution in [0.25, 0.3) is 0 Å². The number of ether oxygens (including phenoxy) is 1. The molecule has 1 aliphatic rings. The lowest BCUT2D eigenvalue weighted by molar-refractivity contribution is -0.157. The van der Waals surface area contributed by atoms with Crippen LogP contribution >= 0.6 is 0 Å². The van der Waals surface area contributed by atoms with Gasteiger partial charge in [-0.1, -0.05) is 31.1 Å². The van der Waals surface area contributed by atoms with E-state index in [-0.39, 0.29) is 29.3 Å². The number of hydrogen-bond acceptors (Lipinski definition) is 7. The fourth-order valence-corrected chi connectivity index (χ4v) is 3.20. The Balaban J connectivity index is 1.75. The van der Waals surface area contributed by atoms with E-state index in [9.17, 15) is 19.2 Å². The molecular formula is C21H23N3O6. The van der Waals surface area contributed by atoms with E-state index < -0.39 is 35.8 Å². The summed E-state index contributed by atoms with van der Waals surface area (Å²) in [5.74, 6) is -1.83. The lowest BCUT2D eigenvalue weighted by atomic mass is 10.0. The topological polar surface area (TPSA) is 119 Å². The third kappa shape index (κ3) is 4.24. The van der Waals surface area contributed by atoms with Crippen LogP contribution in [0.3, 0.4) is 0 Å². The van der Waals surface area contributed by atoms with Gasteiger partial charge in [0.2, 0.25) is 0 Å². The number of carbonyl (C=O) groups excluding carboxylic acids is 4. The molecule has 1 aromatic heterocycles. The van der Waals surface area contributed by atoms with Gasteiger partial charge in [-0.15, -0.1) is 0 Å². The van der Waals surface area contributed by atoms with Gasteiger partial charge < -0.3 is 14.6 Å². The predicted molar refractivity (Wildman–Crippen MR) is 106 cm³/mol. The normalized spacial score (nSPS) is 15.2. The van der Waals surface area contributed by atoms with E-state index in [4.69, 9.17) is 9.26 Å². The van der Waals surface area contributed by atoms with E-state index >= 15 is 0 Å². The molecule has 0 aliphatic carbocycles. The zero-order valence-corrected chi connectivity index (χ0v) is 17.2. The van der Waals surface area contributed by atoms with E-state index in [1.54, 1.807) is 31.2 Å². The summed E-state index contributed by atoms with van der Waals surface area (Å²) in [5, 5.41) is 6.13. The summed E-state index contributed by atoms with van der Waals surface area (Å²) in [5.41, 5.74) is 0.493. The highest BCUT2D eigenvalue weighted by atomic mass is 16.5. The second kappa shape index (κ2) is 8.48. The van der Waals surface area contributed by atoms with E-state index in [1.807, 2.05) is 13.8 Å². The van der Waals surface area contributed by atoms with Gasteiger partial charge in [0, 0.05) is 6.07 Å². The lowest BCUT2D eigenvalue weighted by Crippen LogP contribution is -2.48. The van der Waals surface area contributed by atoms with Crippen LogP contribution in [0.1, 0.15) is 53.7 Å². The number of anilines is 1. The molecule has 158 valence electrons. The van der Waals surface area contributed by atoms with Crippen LogP contribution in [-0.2, 0) is 14.3 Å². The number of benzene rings is 1. The molecule has 9 heteroatoms. The van der Waals surface area contributed by atoms with Gasteiger partial charge in [0.05, 0.1) is 11.1 Å². The molecule has 1 N–H and O–H groups in total. The van der Waals surface area contributed by atoms with Crippen molar-refractivity contribution in [1.82, 2.24) is 10.1 Å². The van der Waals surface area contributed by atoms with Crippen molar-refractivity contribution in [3.63, 3.8) is 0 Å². The molecule has 0 saturated heterocycles. The van der Waals surface area contributed by atoms with Crippen molar-refractivity contribution in [3.05, 3.63) is 47.2 Å². The van der Waals surface area contributed by atoms with E-state index in [0.717, 1.165) is 4.90 Å². The molecule has 9 nitrogen and oxygen atoms in total. The maximum Gasteiger partial charge on any atom is 0.330 e. The number of hydrogen-bond donors (Lipinski definition) is 1. The minimum absolute atomic E-state index is 0.00546. The van der Waals surface area contributed by atoms with Gasteiger partial charge >= 0.3 is 5.97 Å². The molecule has 0 saturated carbocycles. The predicted octanol–water partition coefficient (Wildman–Crippen LogP) is 2.56. The van der Waals surface area contributed by atoms with Crippen molar-refractivity contribution < 1.29 is 28.4 Å². The summed E-state index contributed by atoms with van der Waals surface area (Å²) in [6.45, 7) is 6.79. The Kier molecular flexibility index (Phi) is 6.00. The van der Waals surface area contributed by atoms with Gasteiger partial charge in [-0.3, -0.25) is 19.3 Å². The number of rotatable bonds is 7. The Morgan fingerprint density at radius 3 is 2.23 bits per heavy atom. The molecule has 0 fully saturated rings. The summed E-state index contributed by atoms with van der Waals surface area (Å²) in [6, 6.07) is 6.78. The first-order valence-electron chi connectivity index (χ1n) is 9.60. The molecule has 2 heterocycles. The first-order chi connectivity index (χ1) is 14.2. The van der Waals surface area contributed by atoms with Crippen molar-refractivity contribution in [3.8, 4) is 0 Å². The van der Waals surface area contributed by atoms with Crippen LogP contribution in [0, 0.1) is 12.8 Å². The average molecular weight is 413 g/mol. The van der Waals surface area contributed by atoms with Gasteiger partial charge in [-0.05, 0) is 38.3 Å². The summed E-state index contributed by atoms with van der Waals surface area (Å²) < 4.78 is 10.2. The number of nitrogens with zero attached hydrogens (tertiary/aromatic N) is 2. The van der Waals surface area contributed by atoms with Crippen molar-refractivity contribution >= 4 is 29.5 Å². The van der Waals surface area contributed by atoms with Crippen LogP contribution in [0.2, 0.25) is 0 Å². The molecule has 2 aromatic rings. The molecule has 3 amide bonds. The molecule has 0 unspecified atom stereocenters. The van der Waals surface area contributed by atoms with Crippen LogP contribution in [-0.4, -0.2) is 45.9 Å². The van der Waals surface area contributed by atoms with Gasteiger partial charge in [-0.25, -0.2) is 4.79 Å². The SMILES string of the molecule is Cc1cc(NC(=O)[C@H](C)OC(=O)[C@@H](CC(C)C)N2C(=O)c3ccccc3C2=O)no1. The Morgan fingerprint density at radius 1 is 1.13 bits per heavy atom. The lowest BCUT2D eigenvalue weighted by Gasteiger charge is -2.27. The van der Waals surface area contributed by atoms with Gasteiger partial charge in [-0.2, -0.15) is 0 Å². The first kappa shape index (κ1) is 21.2. The molecule has 30 heavy (non-hydrogen) atoms. The Bertz CT molecular complexity index is 961. The van der Waals surface area contributed by atoms with Crippen molar-refractivity contribution in [2.24, 2.45) is 5.92 Å². The highest BCUT2D eigenvalue weighted by Crippen LogP contribution is 2.27. The quantitative estimate of drug-likeness (QED) is 0.547. The highest BCUT2D eigenvalue weighted by molar-refractivity contribution is 6.22. The van der Waals surface area contributed by atoms with Crippen molar-refractivity contribution in [2.75, 3.05) is 5.32 Å². The third-order valence-electron chi connectivity index (χ3n) is 4.65. The zero-order valence-electron chi connectivity index (χ0n) is 17.2. The molecule has 2 atom stereocenters. The van der Waals surface area contributed by atoms with Crippen molar-refractivity contribution in [2.45, 2.75) is 46.3 Å². The standard InChI is InChI=1S/C21H23N3O6/c1-11(2)9-16(24-19(26)14-7-5-6-8-15(14)20(24)27)21(28)29-13(4)18(25)22-17-10-12(3)30-23-17/h5-8,10-11,13,16H,9H2,1-4H3,(H,22,23,25)/t13-,16+/m0/s1. The second-order valence-corrected chi connectivity index (χ2v) is 7.56. The third-order valence-corrected chi connectivity index (χ3v) is 4.65. The van der Waals surface area contributed by atoms with E-state index in [2.05, 4.69) is 10.5 Å². The highest BCUT2D eigenvalue weighted by Gasteiger charge is 2.44. The average Bonchev–Trinajstić information content (AvgIpc) is 3.21. The first-order valence-corrected chi connectivity index (χ1v) is 9.60. The van der Waals surface area contributed by atoms with Gasteiger partial charge in [0.25, 0.3) is 17.7 Å². The van der Waals surface area contributed by atoms with Crippen LogP contribution in [0.4, 0.5) is 5.82 Å². The maximum absolute atomic E-state index is 12.9. The minimum Gasteiger partial charge on any atom is -0.451 e. The summed E-state index contributed by atoms with van der Waals surface area (Å²) in [6.07, 6.45) is -0.958. The fraction of sp³-hybridized carbons (Fsp3) is 0.381. The van der Waals surface area contributed by atoms with Gasteiger partial charge in [0.1, 0.15) is 11.8 Å². The van der Waals surface area contributed by atoms with Gasteiger partial charge in [0.15, 0.2) is 11.9 Å². The monoisotopic (exact) mass is 413 g/mol. The second-order valence-electron chi connectivity index (χ2n) is 7.56. The molecule has 0 radical (unpaired) electrons. The Morgan fingerprint density at radius 2 is 1.73 bits per heavy atom. The van der Waals surface area contributed by atoms with Crippen LogP contribution in [0.5, 0.6) is 0 Å². The smallest absolute Gasteiger partial charge is 0.330 e. The summed E-state index contributed by atoms with van der Waals surface area (Å²) >= 11 is 0. The number of carbonyl (C=O) groups is 4. The summed E-state index contributed by atoms with van der Waals surface area (Å²) in [7, 11) is 0. The minimum atomic E-state index is -1.17. The Labute approximate surface area is 173 Å². The molecule has 1 aromatic carbocycles. The Hall–Kier alpha value is -3.49. The number of aryl methyl sites for hydroxylation is 1. The van der Waals surface area contributed by atoms with Crippen LogP contribution < -0.4 is 5.32 Å². The summed E-state index contributed by atoms with van der Waals surface area (Å²) in [4.78, 5) is 51.7. The number of esters is 1. The molecule has 0 bridgehead atoms. The number of nitrogens with one attached hydrogen (secondary N) is 1. The fourth-order valence-electron chi connectivity index (χ4n) is 3.20. The maximum atomic E-state index is 12.9. The molecule has 0 spiro atoms. The molecule has 1 aliphatic heterocycles. The molecule has 3 rings (SSSR count). The zero-order chi connectivity index (χ0) is 22.0. The molecular weight excluding hydrogens is 390 g/mol. The number of fused-ring (bicyclic) bond motifs is 1. The largest absolute Gasteiger partial charge is 0.451 e. The number of imide groups is 1. The van der Waals surface area contributed by atoms with Crippen LogP contribution in [0.15, 0.2) is 34.9 Å². The van der Waals surface area contributed by atoms with Crippen molar-refractivity contribution in [1.29, 1.82) is 0 Å². The number of aromatic nitrogens is 1. The van der Waals surface area contributed by atoms with E-state index in [0.29, 0.717) is 5.76 Å². The number of amides is 3. The van der Waals surface area contributed by atoms with E-state index in [1.165, 1.54) is 13.0 Å².